The van der Waals surface area contributed by atoms with Gasteiger partial charge in [-0.15, -0.1) is 0 Å². The van der Waals surface area contributed by atoms with Gasteiger partial charge in [-0.3, -0.25) is 4.79 Å². The Labute approximate surface area is 123 Å². The molecule has 0 bridgehead atoms. The number of hydrogen-bond donors (Lipinski definition) is 2. The van der Waals surface area contributed by atoms with Crippen molar-refractivity contribution in [3.05, 3.63) is 71.9 Å². The summed E-state index contributed by atoms with van der Waals surface area (Å²) < 4.78 is 0. The van der Waals surface area contributed by atoms with Crippen LogP contribution in [0.15, 0.2) is 66.4 Å². The first-order valence-electron chi connectivity index (χ1n) is 7.05. The molecular weight excluding hydrogens is 262 g/mol. The number of anilines is 1. The minimum atomic E-state index is 0.149. The number of carbonyl (C=O) groups is 1. The van der Waals surface area contributed by atoms with Gasteiger partial charge in [0.15, 0.2) is 5.78 Å². The van der Waals surface area contributed by atoms with E-state index < -0.39 is 0 Å². The first kappa shape index (κ1) is 13.4. The minimum Gasteiger partial charge on any atom is -0.508 e. The Bertz CT molecular complexity index is 659. The molecule has 0 fully saturated rings. The Kier molecular flexibility index (Phi) is 3.73. The molecule has 2 aromatic carbocycles. The number of ketones is 1. The Hall–Kier alpha value is -2.55. The first-order valence-corrected chi connectivity index (χ1v) is 7.05. The van der Waals surface area contributed by atoms with Gasteiger partial charge in [-0.05, 0) is 42.2 Å². The number of rotatable bonds is 3. The number of phenolic OH excluding ortho intramolecular Hbond substituents is 1. The maximum atomic E-state index is 11.9. The van der Waals surface area contributed by atoms with E-state index in [9.17, 15) is 9.90 Å². The molecule has 2 N–H and O–H groups in total. The number of allylic oxidation sites excluding steroid dienone is 2. The molecule has 0 spiro atoms. The molecule has 0 aliphatic heterocycles. The quantitative estimate of drug-likeness (QED) is 0.839. The van der Waals surface area contributed by atoms with Gasteiger partial charge in [-0.2, -0.15) is 0 Å². The zero-order chi connectivity index (χ0) is 14.7. The van der Waals surface area contributed by atoms with E-state index in [1.165, 1.54) is 5.56 Å². The molecule has 1 unspecified atom stereocenters. The lowest BCUT2D eigenvalue weighted by Crippen LogP contribution is -2.16. The van der Waals surface area contributed by atoms with E-state index in [2.05, 4.69) is 17.4 Å². The molecule has 0 saturated heterocycles. The summed E-state index contributed by atoms with van der Waals surface area (Å²) in [4.78, 5) is 11.9. The number of benzene rings is 2. The molecule has 21 heavy (non-hydrogen) atoms. The van der Waals surface area contributed by atoms with Gasteiger partial charge in [0.05, 0.1) is 0 Å². The van der Waals surface area contributed by atoms with Crippen LogP contribution in [0.25, 0.3) is 0 Å². The predicted octanol–water partition coefficient (Wildman–Crippen LogP) is 3.83. The van der Waals surface area contributed by atoms with E-state index in [0.29, 0.717) is 6.42 Å². The summed E-state index contributed by atoms with van der Waals surface area (Å²) in [6.45, 7) is 0. The van der Waals surface area contributed by atoms with E-state index in [1.54, 1.807) is 30.3 Å². The van der Waals surface area contributed by atoms with Crippen molar-refractivity contribution in [1.29, 1.82) is 0 Å². The van der Waals surface area contributed by atoms with Crippen molar-refractivity contribution >= 4 is 11.5 Å². The molecule has 0 amide bonds. The van der Waals surface area contributed by atoms with Gasteiger partial charge in [-0.25, -0.2) is 0 Å². The molecule has 0 heterocycles. The maximum Gasteiger partial charge on any atom is 0.158 e. The van der Waals surface area contributed by atoms with Crippen molar-refractivity contribution in [3.8, 4) is 5.75 Å². The van der Waals surface area contributed by atoms with Crippen LogP contribution in [0.3, 0.4) is 0 Å². The summed E-state index contributed by atoms with van der Waals surface area (Å²) in [6, 6.07) is 17.0. The van der Waals surface area contributed by atoms with Crippen LogP contribution in [0.1, 0.15) is 24.3 Å². The van der Waals surface area contributed by atoms with Crippen molar-refractivity contribution in [2.45, 2.75) is 18.8 Å². The number of phenols is 1. The van der Waals surface area contributed by atoms with Crippen molar-refractivity contribution in [1.82, 2.24) is 0 Å². The zero-order valence-electron chi connectivity index (χ0n) is 11.6. The average Bonchev–Trinajstić information content (AvgIpc) is 2.50. The number of carbonyl (C=O) groups excluding carboxylic acids is 1. The lowest BCUT2D eigenvalue weighted by molar-refractivity contribution is -0.115. The maximum absolute atomic E-state index is 11.9. The summed E-state index contributed by atoms with van der Waals surface area (Å²) in [7, 11) is 0. The van der Waals surface area contributed by atoms with Crippen LogP contribution in [-0.2, 0) is 4.79 Å². The highest BCUT2D eigenvalue weighted by Crippen LogP contribution is 2.31. The van der Waals surface area contributed by atoms with Gasteiger partial charge < -0.3 is 10.4 Å². The van der Waals surface area contributed by atoms with E-state index in [4.69, 9.17) is 0 Å². The highest BCUT2D eigenvalue weighted by molar-refractivity contribution is 5.92. The molecule has 1 aliphatic carbocycles. The molecule has 0 saturated carbocycles. The SMILES string of the molecule is O=C1C=C(Nc2ccc(O)cc2)CC(c2ccccc2)C1. The number of aromatic hydroxyl groups is 1. The largest absolute Gasteiger partial charge is 0.508 e. The Balaban J connectivity index is 1.76. The zero-order valence-corrected chi connectivity index (χ0v) is 11.6. The van der Waals surface area contributed by atoms with Crippen LogP contribution in [0.2, 0.25) is 0 Å². The van der Waals surface area contributed by atoms with Crippen LogP contribution in [0.5, 0.6) is 5.75 Å². The Morgan fingerprint density at radius 1 is 0.952 bits per heavy atom. The van der Waals surface area contributed by atoms with Gasteiger partial charge >= 0.3 is 0 Å². The van der Waals surface area contributed by atoms with E-state index >= 15 is 0 Å². The van der Waals surface area contributed by atoms with E-state index in [0.717, 1.165) is 17.8 Å². The molecule has 2 aromatic rings. The molecule has 3 heteroatoms. The molecule has 1 atom stereocenters. The van der Waals surface area contributed by atoms with Crippen LogP contribution >= 0.6 is 0 Å². The van der Waals surface area contributed by atoms with Crippen molar-refractivity contribution in [3.63, 3.8) is 0 Å². The molecule has 1 aliphatic rings. The average molecular weight is 279 g/mol. The summed E-state index contributed by atoms with van der Waals surface area (Å²) >= 11 is 0. The second kappa shape index (κ2) is 5.83. The molecule has 0 aromatic heterocycles. The minimum absolute atomic E-state index is 0.149. The van der Waals surface area contributed by atoms with Crippen molar-refractivity contribution < 1.29 is 9.90 Å². The summed E-state index contributed by atoms with van der Waals surface area (Å²) in [5.41, 5.74) is 3.00. The normalized spacial score (nSPS) is 18.2. The molecule has 3 rings (SSSR count). The van der Waals surface area contributed by atoms with Gasteiger partial charge in [-0.1, -0.05) is 30.3 Å². The van der Waals surface area contributed by atoms with E-state index in [1.807, 2.05) is 18.2 Å². The number of nitrogens with one attached hydrogen (secondary N) is 1. The fourth-order valence-corrected chi connectivity index (χ4v) is 2.67. The molecule has 0 radical (unpaired) electrons. The topological polar surface area (TPSA) is 49.3 Å². The third kappa shape index (κ3) is 3.31. The van der Waals surface area contributed by atoms with Crippen LogP contribution in [0, 0.1) is 0 Å². The second-order valence-corrected chi connectivity index (χ2v) is 5.32. The van der Waals surface area contributed by atoms with Gasteiger partial charge in [0.2, 0.25) is 0 Å². The van der Waals surface area contributed by atoms with Crippen LogP contribution in [-0.4, -0.2) is 10.9 Å². The predicted molar refractivity (Wildman–Crippen MR) is 83.2 cm³/mol. The van der Waals surface area contributed by atoms with Crippen LogP contribution < -0.4 is 5.32 Å². The molecule has 3 nitrogen and oxygen atoms in total. The van der Waals surface area contributed by atoms with Crippen molar-refractivity contribution in [2.24, 2.45) is 0 Å². The standard InChI is InChI=1S/C18H17NO2/c20-17-8-6-15(7-9-17)19-16-10-14(11-18(21)12-16)13-4-2-1-3-5-13/h1-9,12,14,19-20H,10-11H2. The van der Waals surface area contributed by atoms with Gasteiger partial charge in [0, 0.05) is 23.9 Å². The fraction of sp³-hybridized carbons (Fsp3) is 0.167. The highest BCUT2D eigenvalue weighted by Gasteiger charge is 2.22. The summed E-state index contributed by atoms with van der Waals surface area (Å²) in [5.74, 6) is 0.608. The third-order valence-corrected chi connectivity index (χ3v) is 3.69. The molecular formula is C18H17NO2. The van der Waals surface area contributed by atoms with Crippen LogP contribution in [0.4, 0.5) is 5.69 Å². The van der Waals surface area contributed by atoms with E-state index in [-0.39, 0.29) is 17.5 Å². The summed E-state index contributed by atoms with van der Waals surface area (Å²) in [6.07, 6.45) is 3.06. The second-order valence-electron chi connectivity index (χ2n) is 5.32. The van der Waals surface area contributed by atoms with Gasteiger partial charge in [0.1, 0.15) is 5.75 Å². The number of hydrogen-bond acceptors (Lipinski definition) is 3. The Morgan fingerprint density at radius 2 is 1.67 bits per heavy atom. The van der Waals surface area contributed by atoms with Gasteiger partial charge in [0.25, 0.3) is 0 Å². The summed E-state index contributed by atoms with van der Waals surface area (Å²) in [5, 5.41) is 12.6. The third-order valence-electron chi connectivity index (χ3n) is 3.69. The van der Waals surface area contributed by atoms with Crippen molar-refractivity contribution in [2.75, 3.05) is 5.32 Å². The Morgan fingerprint density at radius 3 is 2.38 bits per heavy atom. The molecule has 106 valence electrons. The lowest BCUT2D eigenvalue weighted by Gasteiger charge is -2.23. The lowest BCUT2D eigenvalue weighted by atomic mass is 9.85. The monoisotopic (exact) mass is 279 g/mol. The fourth-order valence-electron chi connectivity index (χ4n) is 2.67. The first-order chi connectivity index (χ1) is 10.2. The smallest absolute Gasteiger partial charge is 0.158 e. The highest BCUT2D eigenvalue weighted by atomic mass is 16.3.